The number of carboxylic acid groups (broad SMARTS) is 1. The van der Waals surface area contributed by atoms with Gasteiger partial charge >= 0.3 is 5.97 Å². The maximum Gasteiger partial charge on any atom is 0.336 e. The van der Waals surface area contributed by atoms with Crippen LogP contribution in [0, 0.1) is 17.5 Å². The molecule has 4 nitrogen and oxygen atoms in total. The molecule has 0 aromatic heterocycles. The number of nitrogens with zero attached hydrogens (tertiary/aromatic N) is 1. The highest BCUT2D eigenvalue weighted by Crippen LogP contribution is 2.26. The van der Waals surface area contributed by atoms with Crippen molar-refractivity contribution in [1.82, 2.24) is 0 Å². The molecule has 0 bridgehead atoms. The molecule has 118 valence electrons. The van der Waals surface area contributed by atoms with Gasteiger partial charge in [0.2, 0.25) is 0 Å². The SMILES string of the molecule is CC(=O)c1c(N=Cc2ccc(F)cc2F)cc(F)cc1C(=O)O. The molecule has 0 spiro atoms. The first-order chi connectivity index (χ1) is 10.8. The van der Waals surface area contributed by atoms with Crippen LogP contribution in [0.3, 0.4) is 0 Å². The second-order valence-corrected chi connectivity index (χ2v) is 4.63. The van der Waals surface area contributed by atoms with E-state index in [2.05, 4.69) is 4.99 Å². The number of halogens is 3. The number of Topliss-reactive ketones (excluding diaryl/α,β-unsaturated/α-hetero) is 1. The van der Waals surface area contributed by atoms with Crippen LogP contribution < -0.4 is 0 Å². The molecule has 0 saturated heterocycles. The Morgan fingerprint density at radius 2 is 1.78 bits per heavy atom. The summed E-state index contributed by atoms with van der Waals surface area (Å²) in [6, 6.07) is 4.32. The van der Waals surface area contributed by atoms with Gasteiger partial charge < -0.3 is 5.11 Å². The van der Waals surface area contributed by atoms with Gasteiger partial charge in [0.15, 0.2) is 5.78 Å². The van der Waals surface area contributed by atoms with Crippen molar-refractivity contribution in [3.8, 4) is 0 Å². The van der Waals surface area contributed by atoms with Gasteiger partial charge in [-0.1, -0.05) is 0 Å². The van der Waals surface area contributed by atoms with Crippen LogP contribution in [0.4, 0.5) is 18.9 Å². The molecule has 2 aromatic rings. The van der Waals surface area contributed by atoms with E-state index in [4.69, 9.17) is 5.11 Å². The van der Waals surface area contributed by atoms with Crippen LogP contribution in [0.5, 0.6) is 0 Å². The zero-order chi connectivity index (χ0) is 17.1. The first kappa shape index (κ1) is 16.4. The van der Waals surface area contributed by atoms with Crippen molar-refractivity contribution in [2.24, 2.45) is 4.99 Å². The average molecular weight is 321 g/mol. The van der Waals surface area contributed by atoms with Gasteiger partial charge in [0.25, 0.3) is 0 Å². The van der Waals surface area contributed by atoms with Crippen LogP contribution in [-0.2, 0) is 0 Å². The molecule has 0 atom stereocenters. The van der Waals surface area contributed by atoms with Crippen molar-refractivity contribution in [2.45, 2.75) is 6.92 Å². The van der Waals surface area contributed by atoms with E-state index in [1.807, 2.05) is 0 Å². The van der Waals surface area contributed by atoms with Gasteiger partial charge in [-0.3, -0.25) is 9.79 Å². The van der Waals surface area contributed by atoms with E-state index >= 15 is 0 Å². The molecule has 2 rings (SSSR count). The molecule has 2 aromatic carbocycles. The molecule has 0 unspecified atom stereocenters. The van der Waals surface area contributed by atoms with Gasteiger partial charge in [-0.2, -0.15) is 0 Å². The molecule has 0 fully saturated rings. The number of carbonyl (C=O) groups is 2. The minimum atomic E-state index is -1.49. The summed E-state index contributed by atoms with van der Waals surface area (Å²) in [6.07, 6.45) is 0.960. The quantitative estimate of drug-likeness (QED) is 0.689. The molecule has 23 heavy (non-hydrogen) atoms. The van der Waals surface area contributed by atoms with E-state index in [1.165, 1.54) is 0 Å². The van der Waals surface area contributed by atoms with Gasteiger partial charge in [-0.05, 0) is 25.1 Å². The Labute approximate surface area is 128 Å². The third-order valence-corrected chi connectivity index (χ3v) is 2.97. The van der Waals surface area contributed by atoms with Crippen LogP contribution in [0.25, 0.3) is 0 Å². The monoisotopic (exact) mass is 321 g/mol. The predicted octanol–water partition coefficient (Wildman–Crippen LogP) is 3.76. The lowest BCUT2D eigenvalue weighted by atomic mass is 10.0. The lowest BCUT2D eigenvalue weighted by Gasteiger charge is -2.07. The number of hydrogen-bond acceptors (Lipinski definition) is 3. The predicted molar refractivity (Wildman–Crippen MR) is 77.0 cm³/mol. The van der Waals surface area contributed by atoms with E-state index in [-0.39, 0.29) is 16.8 Å². The van der Waals surface area contributed by atoms with Gasteiger partial charge in [-0.15, -0.1) is 0 Å². The smallest absolute Gasteiger partial charge is 0.336 e. The van der Waals surface area contributed by atoms with Crippen molar-refractivity contribution < 1.29 is 27.9 Å². The van der Waals surface area contributed by atoms with Gasteiger partial charge in [0.05, 0.1) is 16.8 Å². The number of carbonyl (C=O) groups excluding carboxylic acids is 1. The summed E-state index contributed by atoms with van der Waals surface area (Å²) in [7, 11) is 0. The molecule has 7 heteroatoms. The molecule has 0 saturated carbocycles. The van der Waals surface area contributed by atoms with Crippen molar-refractivity contribution in [1.29, 1.82) is 0 Å². The second kappa shape index (κ2) is 6.43. The molecule has 0 aliphatic carbocycles. The Morgan fingerprint density at radius 1 is 1.09 bits per heavy atom. The second-order valence-electron chi connectivity index (χ2n) is 4.63. The van der Waals surface area contributed by atoms with Crippen LogP contribution in [0.1, 0.15) is 33.2 Å². The topological polar surface area (TPSA) is 66.7 Å². The molecule has 0 aliphatic rings. The Balaban J connectivity index is 2.56. The Morgan fingerprint density at radius 3 is 2.35 bits per heavy atom. The average Bonchev–Trinajstić information content (AvgIpc) is 2.45. The summed E-state index contributed by atoms with van der Waals surface area (Å²) >= 11 is 0. The minimum absolute atomic E-state index is 0.0953. The maximum absolute atomic E-state index is 13.5. The van der Waals surface area contributed by atoms with Crippen LogP contribution in [0.15, 0.2) is 35.3 Å². The first-order valence-electron chi connectivity index (χ1n) is 6.36. The molecule has 0 aliphatic heterocycles. The fourth-order valence-electron chi connectivity index (χ4n) is 1.98. The summed E-state index contributed by atoms with van der Waals surface area (Å²) in [6.45, 7) is 1.11. The maximum atomic E-state index is 13.5. The highest BCUT2D eigenvalue weighted by Gasteiger charge is 2.19. The van der Waals surface area contributed by atoms with Crippen molar-refractivity contribution >= 4 is 23.7 Å². The zero-order valence-electron chi connectivity index (χ0n) is 11.8. The van der Waals surface area contributed by atoms with E-state index < -0.39 is 34.8 Å². The zero-order valence-corrected chi connectivity index (χ0v) is 11.8. The fourth-order valence-corrected chi connectivity index (χ4v) is 1.98. The Kier molecular flexibility index (Phi) is 4.59. The van der Waals surface area contributed by atoms with Gasteiger partial charge in [0, 0.05) is 23.9 Å². The third-order valence-electron chi connectivity index (χ3n) is 2.97. The van der Waals surface area contributed by atoms with Crippen LogP contribution in [-0.4, -0.2) is 23.1 Å². The lowest BCUT2D eigenvalue weighted by molar-refractivity contribution is 0.0692. The third kappa shape index (κ3) is 3.63. The number of ketones is 1. The molecule has 0 radical (unpaired) electrons. The minimum Gasteiger partial charge on any atom is -0.478 e. The van der Waals surface area contributed by atoms with Crippen molar-refractivity contribution in [2.75, 3.05) is 0 Å². The van der Waals surface area contributed by atoms with Crippen LogP contribution >= 0.6 is 0 Å². The van der Waals surface area contributed by atoms with E-state index in [0.717, 1.165) is 31.3 Å². The number of aromatic carboxylic acids is 1. The summed E-state index contributed by atoms with van der Waals surface area (Å²) in [5.74, 6) is -4.69. The molecule has 0 amide bonds. The number of carboxylic acids is 1. The van der Waals surface area contributed by atoms with Gasteiger partial charge in [-0.25, -0.2) is 18.0 Å². The van der Waals surface area contributed by atoms with E-state index in [0.29, 0.717) is 12.1 Å². The van der Waals surface area contributed by atoms with E-state index in [1.54, 1.807) is 0 Å². The van der Waals surface area contributed by atoms with Crippen molar-refractivity contribution in [3.63, 3.8) is 0 Å². The Hall–Kier alpha value is -2.96. The Bertz CT molecular complexity index is 832. The molecule has 1 N–H and O–H groups in total. The lowest BCUT2D eigenvalue weighted by Crippen LogP contribution is -2.07. The first-order valence-corrected chi connectivity index (χ1v) is 6.36. The van der Waals surface area contributed by atoms with Crippen LogP contribution in [0.2, 0.25) is 0 Å². The normalized spacial score (nSPS) is 11.0. The summed E-state index contributed by atoms with van der Waals surface area (Å²) < 4.78 is 39.9. The molecular weight excluding hydrogens is 311 g/mol. The standard InChI is InChI=1S/C16H10F3NO3/c1-8(21)15-12(16(22)23)4-11(18)6-14(15)20-7-9-2-3-10(17)5-13(9)19/h2-7H,1H3,(H,22,23). The molecular formula is C16H10F3NO3. The number of rotatable bonds is 4. The largest absolute Gasteiger partial charge is 0.478 e. The fraction of sp³-hybridized carbons (Fsp3) is 0.0625. The van der Waals surface area contributed by atoms with Crippen molar-refractivity contribution in [3.05, 3.63) is 64.5 Å². The number of hydrogen-bond donors (Lipinski definition) is 1. The summed E-state index contributed by atoms with van der Waals surface area (Å²) in [4.78, 5) is 26.5. The van der Waals surface area contributed by atoms with Gasteiger partial charge in [0.1, 0.15) is 17.5 Å². The molecule has 0 heterocycles. The number of benzene rings is 2. The summed E-state index contributed by atoms with van der Waals surface area (Å²) in [5, 5.41) is 9.05. The van der Waals surface area contributed by atoms with E-state index in [9.17, 15) is 22.8 Å². The highest BCUT2D eigenvalue weighted by atomic mass is 19.1. The number of aliphatic imine (C=N–C) groups is 1. The summed E-state index contributed by atoms with van der Waals surface area (Å²) in [5.41, 5.74) is -1.18. The highest BCUT2D eigenvalue weighted by molar-refractivity contribution is 6.08.